The molecule has 0 aliphatic carbocycles. The van der Waals surface area contributed by atoms with Gasteiger partial charge in [0.05, 0.1) is 19.3 Å². The number of hydrogen-bond acceptors (Lipinski definition) is 4. The number of halogens is 1. The van der Waals surface area contributed by atoms with Gasteiger partial charge in [-0.2, -0.15) is 0 Å². The predicted molar refractivity (Wildman–Crippen MR) is 109 cm³/mol. The first kappa shape index (κ1) is 21.1. The fourth-order valence-corrected chi connectivity index (χ4v) is 3.53. The maximum absolute atomic E-state index is 13.0. The fraction of sp³-hybridized carbons (Fsp3) is 0.391. The lowest BCUT2D eigenvalue weighted by atomic mass is 10.0. The molecule has 0 aromatic heterocycles. The summed E-state index contributed by atoms with van der Waals surface area (Å²) < 4.78 is 18.4. The Balaban J connectivity index is 1.56. The van der Waals surface area contributed by atoms with Crippen LogP contribution in [0.25, 0.3) is 0 Å². The quantitative estimate of drug-likeness (QED) is 0.694. The van der Waals surface area contributed by atoms with Crippen molar-refractivity contribution >= 4 is 11.7 Å². The molecule has 5 nitrogen and oxygen atoms in total. The van der Waals surface area contributed by atoms with E-state index in [2.05, 4.69) is 35.3 Å². The van der Waals surface area contributed by atoms with E-state index < -0.39 is 0 Å². The number of carbonyl (C=O) groups excluding carboxylic acids is 2. The van der Waals surface area contributed by atoms with Crippen molar-refractivity contribution in [3.8, 4) is 0 Å². The van der Waals surface area contributed by atoms with Crippen LogP contribution in [0.2, 0.25) is 0 Å². The molecule has 1 heterocycles. The molecule has 1 unspecified atom stereocenters. The molecule has 0 radical (unpaired) electrons. The fourth-order valence-electron chi connectivity index (χ4n) is 3.53. The summed E-state index contributed by atoms with van der Waals surface area (Å²) in [4.78, 5) is 26.9. The molecule has 1 N–H and O–H groups in total. The molecule has 1 saturated heterocycles. The average molecular weight is 398 g/mol. The van der Waals surface area contributed by atoms with Crippen molar-refractivity contribution < 1.29 is 18.7 Å². The summed E-state index contributed by atoms with van der Waals surface area (Å²) in [6.07, 6.45) is 0.212. The molecule has 0 spiro atoms. The van der Waals surface area contributed by atoms with Crippen LogP contribution in [0.1, 0.15) is 40.4 Å². The van der Waals surface area contributed by atoms with Gasteiger partial charge in [0.1, 0.15) is 5.82 Å². The van der Waals surface area contributed by atoms with Crippen molar-refractivity contribution in [2.75, 3.05) is 32.8 Å². The van der Waals surface area contributed by atoms with E-state index in [4.69, 9.17) is 4.74 Å². The highest BCUT2D eigenvalue weighted by Gasteiger charge is 2.23. The molecule has 2 aromatic rings. The molecule has 154 valence electrons. The largest absolute Gasteiger partial charge is 0.379 e. The molecule has 29 heavy (non-hydrogen) atoms. The van der Waals surface area contributed by atoms with Gasteiger partial charge in [-0.05, 0) is 36.8 Å². The zero-order valence-electron chi connectivity index (χ0n) is 16.7. The number of aryl methyl sites for hydroxylation is 1. The zero-order valence-corrected chi connectivity index (χ0v) is 16.7. The molecule has 6 heteroatoms. The number of morpholine rings is 1. The molecule has 1 atom stereocenters. The number of ketones is 1. The SMILES string of the molecule is Cc1cccc(C(CNC(=O)CCC(=O)c2ccc(F)cc2)N2CCOCC2)c1. The molecule has 1 fully saturated rings. The number of ether oxygens (including phenoxy) is 1. The normalized spacial score (nSPS) is 15.7. The third kappa shape index (κ3) is 6.21. The van der Waals surface area contributed by atoms with Crippen LogP contribution in [-0.4, -0.2) is 49.4 Å². The highest BCUT2D eigenvalue weighted by Crippen LogP contribution is 2.22. The van der Waals surface area contributed by atoms with Crippen molar-refractivity contribution in [3.05, 3.63) is 71.0 Å². The Morgan fingerprint density at radius 2 is 1.83 bits per heavy atom. The lowest BCUT2D eigenvalue weighted by molar-refractivity contribution is -0.121. The van der Waals surface area contributed by atoms with Crippen LogP contribution < -0.4 is 5.32 Å². The first-order chi connectivity index (χ1) is 14.0. The molecule has 0 saturated carbocycles. The minimum absolute atomic E-state index is 0.0653. The van der Waals surface area contributed by atoms with Crippen molar-refractivity contribution in [3.63, 3.8) is 0 Å². The van der Waals surface area contributed by atoms with Crippen LogP contribution in [0.4, 0.5) is 4.39 Å². The Morgan fingerprint density at radius 1 is 1.10 bits per heavy atom. The maximum atomic E-state index is 13.0. The lowest BCUT2D eigenvalue weighted by Crippen LogP contribution is -2.43. The van der Waals surface area contributed by atoms with E-state index in [9.17, 15) is 14.0 Å². The third-order valence-electron chi connectivity index (χ3n) is 5.15. The molecular formula is C23H27FN2O3. The molecule has 3 rings (SSSR count). The van der Waals surface area contributed by atoms with E-state index in [1.165, 1.54) is 29.8 Å². The van der Waals surface area contributed by atoms with Gasteiger partial charge in [0.15, 0.2) is 5.78 Å². The second-order valence-electron chi connectivity index (χ2n) is 7.31. The average Bonchev–Trinajstić information content (AvgIpc) is 2.73. The van der Waals surface area contributed by atoms with Gasteiger partial charge in [-0.3, -0.25) is 14.5 Å². The number of nitrogens with zero attached hydrogens (tertiary/aromatic N) is 1. The summed E-state index contributed by atoms with van der Waals surface area (Å²) in [6, 6.07) is 13.8. The van der Waals surface area contributed by atoms with E-state index in [1.807, 2.05) is 6.07 Å². The molecule has 0 bridgehead atoms. The van der Waals surface area contributed by atoms with Gasteiger partial charge in [-0.15, -0.1) is 0 Å². The molecule has 1 aliphatic heterocycles. The Kier molecular flexibility index (Phi) is 7.49. The van der Waals surface area contributed by atoms with E-state index >= 15 is 0 Å². The maximum Gasteiger partial charge on any atom is 0.220 e. The second-order valence-corrected chi connectivity index (χ2v) is 7.31. The zero-order chi connectivity index (χ0) is 20.6. The number of amides is 1. The molecular weight excluding hydrogens is 371 g/mol. The Labute approximate surface area is 170 Å². The van der Waals surface area contributed by atoms with Crippen LogP contribution in [-0.2, 0) is 9.53 Å². The number of benzene rings is 2. The number of nitrogens with one attached hydrogen (secondary N) is 1. The number of Topliss-reactive ketones (excluding diaryl/α,β-unsaturated/α-hetero) is 1. The Bertz CT molecular complexity index is 832. The van der Waals surface area contributed by atoms with Crippen LogP contribution in [0, 0.1) is 12.7 Å². The van der Waals surface area contributed by atoms with Gasteiger partial charge in [-0.25, -0.2) is 4.39 Å². The topological polar surface area (TPSA) is 58.6 Å². The first-order valence-electron chi connectivity index (χ1n) is 9.97. The van der Waals surface area contributed by atoms with Crippen molar-refractivity contribution in [1.82, 2.24) is 10.2 Å². The van der Waals surface area contributed by atoms with Crippen LogP contribution in [0.15, 0.2) is 48.5 Å². The minimum Gasteiger partial charge on any atom is -0.379 e. The monoisotopic (exact) mass is 398 g/mol. The second kappa shape index (κ2) is 10.3. The van der Waals surface area contributed by atoms with Crippen molar-refractivity contribution in [2.24, 2.45) is 0 Å². The van der Waals surface area contributed by atoms with Gasteiger partial charge in [0, 0.05) is 38.0 Å². The summed E-state index contributed by atoms with van der Waals surface area (Å²) in [5.41, 5.74) is 2.76. The Hall–Kier alpha value is -2.57. The third-order valence-corrected chi connectivity index (χ3v) is 5.15. The summed E-state index contributed by atoms with van der Waals surface area (Å²) in [7, 11) is 0. The summed E-state index contributed by atoms with van der Waals surface area (Å²) in [5, 5.41) is 2.98. The van der Waals surface area contributed by atoms with Gasteiger partial charge in [-0.1, -0.05) is 29.8 Å². The number of hydrogen-bond donors (Lipinski definition) is 1. The van der Waals surface area contributed by atoms with Crippen LogP contribution in [0.5, 0.6) is 0 Å². The summed E-state index contributed by atoms with van der Waals surface area (Å²) in [6.45, 7) is 5.53. The standard InChI is InChI=1S/C23H27FN2O3/c1-17-3-2-4-19(15-17)21(26-11-13-29-14-12-26)16-25-23(28)10-9-22(27)18-5-7-20(24)8-6-18/h2-8,15,21H,9-14,16H2,1H3,(H,25,28). The first-order valence-corrected chi connectivity index (χ1v) is 9.97. The van der Waals surface area contributed by atoms with E-state index in [-0.39, 0.29) is 36.4 Å². The van der Waals surface area contributed by atoms with E-state index in [0.29, 0.717) is 25.3 Å². The van der Waals surface area contributed by atoms with Gasteiger partial charge >= 0.3 is 0 Å². The predicted octanol–water partition coefficient (Wildman–Crippen LogP) is 3.29. The lowest BCUT2D eigenvalue weighted by Gasteiger charge is -2.35. The van der Waals surface area contributed by atoms with Gasteiger partial charge in [0.25, 0.3) is 0 Å². The number of carbonyl (C=O) groups is 2. The summed E-state index contributed by atoms with van der Waals surface area (Å²) >= 11 is 0. The van der Waals surface area contributed by atoms with Crippen LogP contribution in [0.3, 0.4) is 0 Å². The number of rotatable bonds is 8. The Morgan fingerprint density at radius 3 is 2.52 bits per heavy atom. The van der Waals surface area contributed by atoms with Gasteiger partial charge < -0.3 is 10.1 Å². The van der Waals surface area contributed by atoms with Crippen LogP contribution >= 0.6 is 0 Å². The minimum atomic E-state index is -0.385. The molecule has 1 amide bonds. The highest BCUT2D eigenvalue weighted by atomic mass is 19.1. The smallest absolute Gasteiger partial charge is 0.220 e. The van der Waals surface area contributed by atoms with Crippen molar-refractivity contribution in [2.45, 2.75) is 25.8 Å². The van der Waals surface area contributed by atoms with E-state index in [1.54, 1.807) is 0 Å². The van der Waals surface area contributed by atoms with Gasteiger partial charge in [0.2, 0.25) is 5.91 Å². The summed E-state index contributed by atoms with van der Waals surface area (Å²) in [5.74, 6) is -0.709. The molecule has 2 aromatic carbocycles. The van der Waals surface area contributed by atoms with Crippen molar-refractivity contribution in [1.29, 1.82) is 0 Å². The highest BCUT2D eigenvalue weighted by molar-refractivity contribution is 5.97. The molecule has 1 aliphatic rings. The van der Waals surface area contributed by atoms with E-state index in [0.717, 1.165) is 18.7 Å².